The van der Waals surface area contributed by atoms with Crippen LogP contribution in [0.3, 0.4) is 0 Å². The highest BCUT2D eigenvalue weighted by molar-refractivity contribution is 8.17. The molecular formula is C16H17NO3S2. The lowest BCUT2D eigenvalue weighted by molar-refractivity contribution is -0.160. The minimum absolute atomic E-state index is 0.0102. The fourth-order valence-corrected chi connectivity index (χ4v) is 4.69. The minimum atomic E-state index is -0.491. The third-order valence-corrected chi connectivity index (χ3v) is 6.71. The monoisotopic (exact) mass is 335 g/mol. The number of likely N-dealkylation sites (tertiary alicyclic amines) is 1. The van der Waals surface area contributed by atoms with Gasteiger partial charge in [0.1, 0.15) is 11.5 Å². The summed E-state index contributed by atoms with van der Waals surface area (Å²) >= 11 is 3.24. The van der Waals surface area contributed by atoms with Crippen molar-refractivity contribution < 1.29 is 13.9 Å². The molecule has 0 aliphatic carbocycles. The summed E-state index contributed by atoms with van der Waals surface area (Å²) in [6.07, 6.45) is 5.13. The van der Waals surface area contributed by atoms with E-state index in [0.717, 1.165) is 5.76 Å². The number of thioether (sulfide) groups is 2. The summed E-state index contributed by atoms with van der Waals surface area (Å²) in [5.41, 5.74) is 0. The van der Waals surface area contributed by atoms with Gasteiger partial charge in [0.2, 0.25) is 6.10 Å². The Balaban J connectivity index is 1.81. The van der Waals surface area contributed by atoms with Crippen LogP contribution in [0.1, 0.15) is 5.76 Å². The predicted octanol–water partition coefficient (Wildman–Crippen LogP) is 3.45. The molecule has 1 aliphatic heterocycles. The number of rotatable bonds is 6. The smallest absolute Gasteiger partial charge is 0.270 e. The number of amides is 1. The first kappa shape index (κ1) is 15.4. The van der Waals surface area contributed by atoms with Gasteiger partial charge in [-0.1, -0.05) is 18.2 Å². The van der Waals surface area contributed by atoms with Crippen LogP contribution in [0.4, 0.5) is 0 Å². The lowest BCUT2D eigenvalue weighted by Gasteiger charge is -2.54. The van der Waals surface area contributed by atoms with Crippen molar-refractivity contribution in [3.05, 3.63) is 54.5 Å². The third-order valence-electron chi connectivity index (χ3n) is 3.67. The van der Waals surface area contributed by atoms with Gasteiger partial charge in [-0.15, -0.1) is 23.5 Å². The van der Waals surface area contributed by atoms with E-state index >= 15 is 0 Å². The van der Waals surface area contributed by atoms with E-state index in [4.69, 9.17) is 9.15 Å². The molecule has 0 bridgehead atoms. The molecule has 3 rings (SSSR count). The maximum Gasteiger partial charge on any atom is 0.270 e. The molecule has 0 N–H and O–H groups in total. The van der Waals surface area contributed by atoms with Crippen molar-refractivity contribution in [2.24, 2.45) is 0 Å². The summed E-state index contributed by atoms with van der Waals surface area (Å²) < 4.78 is 10.9. The Morgan fingerprint density at radius 3 is 2.50 bits per heavy atom. The summed E-state index contributed by atoms with van der Waals surface area (Å²) in [7, 11) is 0. The van der Waals surface area contributed by atoms with Crippen molar-refractivity contribution >= 4 is 29.4 Å². The van der Waals surface area contributed by atoms with E-state index in [-0.39, 0.29) is 5.91 Å². The lowest BCUT2D eigenvalue weighted by Crippen LogP contribution is -2.72. The second kappa shape index (κ2) is 6.30. The molecule has 0 radical (unpaired) electrons. The topological polar surface area (TPSA) is 42.7 Å². The van der Waals surface area contributed by atoms with Gasteiger partial charge in [-0.3, -0.25) is 4.79 Å². The summed E-state index contributed by atoms with van der Waals surface area (Å²) in [6, 6.07) is 13.2. The first-order chi connectivity index (χ1) is 10.7. The van der Waals surface area contributed by atoms with Gasteiger partial charge in [0.25, 0.3) is 5.91 Å². The summed E-state index contributed by atoms with van der Waals surface area (Å²) in [5, 5.41) is 0. The normalized spacial score (nSPS) is 19.8. The Kier molecular flexibility index (Phi) is 4.40. The molecule has 1 aromatic carbocycles. The molecule has 4 nitrogen and oxygen atoms in total. The number of benzene rings is 1. The van der Waals surface area contributed by atoms with Crippen LogP contribution in [-0.2, 0) is 11.3 Å². The van der Waals surface area contributed by atoms with E-state index in [0.29, 0.717) is 12.3 Å². The van der Waals surface area contributed by atoms with Crippen LogP contribution in [0.5, 0.6) is 5.75 Å². The van der Waals surface area contributed by atoms with Crippen molar-refractivity contribution in [3.8, 4) is 5.75 Å². The molecular weight excluding hydrogens is 318 g/mol. The number of carbonyl (C=O) groups excluding carboxylic acids is 1. The molecule has 116 valence electrons. The summed E-state index contributed by atoms with van der Waals surface area (Å²) in [4.78, 5) is 14.4. The van der Waals surface area contributed by atoms with Crippen LogP contribution in [0.25, 0.3) is 0 Å². The Labute approximate surface area is 138 Å². The van der Waals surface area contributed by atoms with E-state index in [1.165, 1.54) is 0 Å². The van der Waals surface area contributed by atoms with Gasteiger partial charge < -0.3 is 14.1 Å². The van der Waals surface area contributed by atoms with Gasteiger partial charge >= 0.3 is 0 Å². The average molecular weight is 335 g/mol. The molecule has 2 aromatic rings. The van der Waals surface area contributed by atoms with E-state index in [9.17, 15) is 4.79 Å². The maximum absolute atomic E-state index is 12.6. The van der Waals surface area contributed by atoms with Crippen LogP contribution < -0.4 is 4.74 Å². The standard InChI is InChI=1S/C16H17NO3S2/c1-21-16(22-2)14(20-12-7-4-3-5-8-12)15(18)17(16)11-13-9-6-10-19-13/h3-10,14H,11H2,1-2H3. The van der Waals surface area contributed by atoms with Crippen molar-refractivity contribution in [1.29, 1.82) is 0 Å². The zero-order valence-electron chi connectivity index (χ0n) is 12.4. The highest BCUT2D eigenvalue weighted by Gasteiger charge is 2.62. The van der Waals surface area contributed by atoms with E-state index in [1.54, 1.807) is 29.8 Å². The van der Waals surface area contributed by atoms with E-state index in [2.05, 4.69) is 0 Å². The molecule has 1 aromatic heterocycles. The maximum atomic E-state index is 12.6. The Hall–Kier alpha value is -1.53. The summed E-state index contributed by atoms with van der Waals surface area (Å²) in [5.74, 6) is 1.48. The van der Waals surface area contributed by atoms with Crippen LogP contribution in [0.15, 0.2) is 53.1 Å². The SMILES string of the molecule is CSC1(SC)C(Oc2ccccc2)C(=O)N1Cc1ccco1. The van der Waals surface area contributed by atoms with Gasteiger partial charge in [-0.2, -0.15) is 0 Å². The molecule has 1 aliphatic rings. The van der Waals surface area contributed by atoms with Crippen molar-refractivity contribution in [3.63, 3.8) is 0 Å². The van der Waals surface area contributed by atoms with Crippen LogP contribution in [0, 0.1) is 0 Å². The number of hydrogen-bond donors (Lipinski definition) is 0. The predicted molar refractivity (Wildman–Crippen MR) is 89.9 cm³/mol. The van der Waals surface area contributed by atoms with E-state index < -0.39 is 10.3 Å². The second-order valence-corrected chi connectivity index (χ2v) is 7.17. The average Bonchev–Trinajstić information content (AvgIpc) is 3.08. The van der Waals surface area contributed by atoms with Crippen molar-refractivity contribution in [2.45, 2.75) is 16.9 Å². The van der Waals surface area contributed by atoms with Crippen molar-refractivity contribution in [1.82, 2.24) is 4.90 Å². The number of ether oxygens (including phenoxy) is 1. The third kappa shape index (κ3) is 2.50. The first-order valence-electron chi connectivity index (χ1n) is 6.87. The molecule has 1 atom stereocenters. The number of furan rings is 1. The molecule has 2 heterocycles. The lowest BCUT2D eigenvalue weighted by atomic mass is 10.1. The molecule has 1 unspecified atom stereocenters. The number of carbonyl (C=O) groups is 1. The number of para-hydroxylation sites is 1. The Bertz CT molecular complexity index is 626. The number of hydrogen-bond acceptors (Lipinski definition) is 5. The molecule has 1 saturated heterocycles. The van der Waals surface area contributed by atoms with E-state index in [1.807, 2.05) is 59.9 Å². The van der Waals surface area contributed by atoms with Gasteiger partial charge in [0, 0.05) is 0 Å². The first-order valence-corrected chi connectivity index (χ1v) is 9.32. The fraction of sp³-hybridized carbons (Fsp3) is 0.312. The second-order valence-electron chi connectivity index (χ2n) is 4.85. The zero-order chi connectivity index (χ0) is 15.6. The number of β-lactam (4-membered cyclic amide) rings is 1. The Morgan fingerprint density at radius 1 is 1.18 bits per heavy atom. The highest BCUT2D eigenvalue weighted by atomic mass is 32.2. The van der Waals surface area contributed by atoms with Gasteiger partial charge in [-0.25, -0.2) is 0 Å². The molecule has 0 spiro atoms. The zero-order valence-corrected chi connectivity index (χ0v) is 14.0. The molecule has 1 amide bonds. The van der Waals surface area contributed by atoms with Crippen LogP contribution in [-0.4, -0.2) is 33.6 Å². The molecule has 22 heavy (non-hydrogen) atoms. The van der Waals surface area contributed by atoms with Gasteiger partial charge in [-0.05, 0) is 36.8 Å². The molecule has 6 heteroatoms. The minimum Gasteiger partial charge on any atom is -0.476 e. The van der Waals surface area contributed by atoms with Gasteiger partial charge in [0.05, 0.1) is 12.8 Å². The summed E-state index contributed by atoms with van der Waals surface area (Å²) in [6.45, 7) is 0.460. The molecule has 1 fully saturated rings. The number of nitrogens with zero attached hydrogens (tertiary/aromatic N) is 1. The van der Waals surface area contributed by atoms with Crippen LogP contribution >= 0.6 is 23.5 Å². The highest BCUT2D eigenvalue weighted by Crippen LogP contribution is 2.50. The van der Waals surface area contributed by atoms with Crippen molar-refractivity contribution in [2.75, 3.05) is 12.5 Å². The quantitative estimate of drug-likeness (QED) is 0.597. The largest absolute Gasteiger partial charge is 0.476 e. The fourth-order valence-electron chi connectivity index (χ4n) is 2.55. The Morgan fingerprint density at radius 2 is 1.91 bits per heavy atom. The molecule has 0 saturated carbocycles. The van der Waals surface area contributed by atoms with Crippen LogP contribution in [0.2, 0.25) is 0 Å². The van der Waals surface area contributed by atoms with Gasteiger partial charge in [0.15, 0.2) is 4.20 Å².